The molecule has 3 atom stereocenters. The summed E-state index contributed by atoms with van der Waals surface area (Å²) in [5.41, 5.74) is 1.12. The number of aliphatic carboxylic acids is 1. The molecule has 0 saturated heterocycles. The van der Waals surface area contributed by atoms with Crippen molar-refractivity contribution >= 4 is 5.97 Å². The molecule has 1 aromatic carbocycles. The van der Waals surface area contributed by atoms with Crippen LogP contribution in [-0.4, -0.2) is 32.0 Å². The Balaban J connectivity index is 1.89. The predicted octanol–water partition coefficient (Wildman–Crippen LogP) is 2.54. The minimum absolute atomic E-state index is 0.269. The van der Waals surface area contributed by atoms with Crippen molar-refractivity contribution in [3.63, 3.8) is 0 Å². The normalized spacial score (nSPS) is 25.7. The standard InChI is InChI=1S/C20H20N2O3/c1-14-9-12-21-22-18(14)8-11-20(25)10-7-16(19(23)24)17(13-20)15-5-3-2-4-6-15/h2-6,9,12,16-17,25H,7,10,13H2,1H3,(H,23,24)/t16-,17+,20?/m1/s1. The van der Waals surface area contributed by atoms with Gasteiger partial charge >= 0.3 is 5.97 Å². The number of aryl methyl sites for hydroxylation is 1. The number of rotatable bonds is 2. The van der Waals surface area contributed by atoms with E-state index in [2.05, 4.69) is 22.0 Å². The van der Waals surface area contributed by atoms with Gasteiger partial charge in [-0.1, -0.05) is 36.3 Å². The van der Waals surface area contributed by atoms with E-state index in [1.165, 1.54) is 0 Å². The fourth-order valence-corrected chi connectivity index (χ4v) is 3.36. The smallest absolute Gasteiger partial charge is 0.307 e. The number of hydrogen-bond acceptors (Lipinski definition) is 4. The highest BCUT2D eigenvalue weighted by Gasteiger charge is 2.42. The molecule has 1 aromatic heterocycles. The molecule has 2 aromatic rings. The summed E-state index contributed by atoms with van der Waals surface area (Å²) in [4.78, 5) is 11.6. The van der Waals surface area contributed by atoms with Crippen LogP contribution in [0.5, 0.6) is 0 Å². The van der Waals surface area contributed by atoms with Crippen molar-refractivity contribution in [2.24, 2.45) is 5.92 Å². The van der Waals surface area contributed by atoms with Gasteiger partial charge in [0.15, 0.2) is 0 Å². The van der Waals surface area contributed by atoms with Crippen LogP contribution in [0, 0.1) is 24.7 Å². The number of carbonyl (C=O) groups is 1. The minimum atomic E-state index is -1.23. The molecule has 1 heterocycles. The quantitative estimate of drug-likeness (QED) is 0.824. The molecule has 0 radical (unpaired) electrons. The number of benzene rings is 1. The Bertz CT molecular complexity index is 826. The number of carboxylic acid groups (broad SMARTS) is 1. The third-order valence-corrected chi connectivity index (χ3v) is 4.79. The van der Waals surface area contributed by atoms with Gasteiger partial charge in [-0.05, 0) is 49.3 Å². The molecule has 2 N–H and O–H groups in total. The zero-order valence-electron chi connectivity index (χ0n) is 14.0. The Labute approximate surface area is 146 Å². The first-order valence-corrected chi connectivity index (χ1v) is 8.30. The summed E-state index contributed by atoms with van der Waals surface area (Å²) in [6.45, 7) is 1.89. The van der Waals surface area contributed by atoms with Gasteiger partial charge in [-0.25, -0.2) is 0 Å². The maximum atomic E-state index is 11.6. The second-order valence-corrected chi connectivity index (χ2v) is 6.55. The number of aromatic nitrogens is 2. The summed E-state index contributed by atoms with van der Waals surface area (Å²) >= 11 is 0. The maximum absolute atomic E-state index is 11.6. The molecule has 0 aliphatic heterocycles. The number of hydrogen-bond donors (Lipinski definition) is 2. The van der Waals surface area contributed by atoms with Crippen molar-refractivity contribution in [1.82, 2.24) is 10.2 Å². The lowest BCUT2D eigenvalue weighted by Crippen LogP contribution is -2.39. The lowest BCUT2D eigenvalue weighted by atomic mass is 9.69. The van der Waals surface area contributed by atoms with E-state index in [4.69, 9.17) is 0 Å². The Morgan fingerprint density at radius 1 is 1.28 bits per heavy atom. The van der Waals surface area contributed by atoms with Gasteiger partial charge in [0.1, 0.15) is 11.3 Å². The van der Waals surface area contributed by atoms with Gasteiger partial charge in [0.2, 0.25) is 0 Å². The van der Waals surface area contributed by atoms with Gasteiger partial charge in [-0.3, -0.25) is 4.79 Å². The molecule has 3 rings (SSSR count). The summed E-state index contributed by atoms with van der Waals surface area (Å²) in [5.74, 6) is 4.24. The average Bonchev–Trinajstić information content (AvgIpc) is 2.61. The summed E-state index contributed by atoms with van der Waals surface area (Å²) in [5, 5.41) is 28.3. The van der Waals surface area contributed by atoms with Crippen LogP contribution in [0.4, 0.5) is 0 Å². The zero-order valence-corrected chi connectivity index (χ0v) is 14.0. The number of nitrogens with zero attached hydrogens (tertiary/aromatic N) is 2. The highest BCUT2D eigenvalue weighted by atomic mass is 16.4. The predicted molar refractivity (Wildman–Crippen MR) is 92.8 cm³/mol. The highest BCUT2D eigenvalue weighted by molar-refractivity contribution is 5.71. The van der Waals surface area contributed by atoms with Crippen LogP contribution in [0.2, 0.25) is 0 Å². The monoisotopic (exact) mass is 336 g/mol. The van der Waals surface area contributed by atoms with E-state index in [1.54, 1.807) is 6.20 Å². The van der Waals surface area contributed by atoms with Crippen molar-refractivity contribution in [2.45, 2.75) is 37.7 Å². The molecule has 0 amide bonds. The van der Waals surface area contributed by atoms with Crippen molar-refractivity contribution in [2.75, 3.05) is 0 Å². The third-order valence-electron chi connectivity index (χ3n) is 4.79. The fourth-order valence-electron chi connectivity index (χ4n) is 3.36. The highest BCUT2D eigenvalue weighted by Crippen LogP contribution is 2.42. The maximum Gasteiger partial charge on any atom is 0.307 e. The molecule has 5 heteroatoms. The molecule has 0 bridgehead atoms. The summed E-state index contributed by atoms with van der Waals surface area (Å²) in [6.07, 6.45) is 2.61. The second kappa shape index (κ2) is 7.04. The Morgan fingerprint density at radius 3 is 2.72 bits per heavy atom. The first kappa shape index (κ1) is 17.1. The molecule has 1 fully saturated rings. The minimum Gasteiger partial charge on any atom is -0.481 e. The molecular formula is C20H20N2O3. The molecule has 1 aliphatic carbocycles. The Morgan fingerprint density at radius 2 is 2.04 bits per heavy atom. The summed E-state index contributed by atoms with van der Waals surface area (Å²) in [7, 11) is 0. The average molecular weight is 336 g/mol. The van der Waals surface area contributed by atoms with Crippen molar-refractivity contribution in [1.29, 1.82) is 0 Å². The summed E-state index contributed by atoms with van der Waals surface area (Å²) < 4.78 is 0. The van der Waals surface area contributed by atoms with E-state index in [1.807, 2.05) is 43.3 Å². The first-order valence-electron chi connectivity index (χ1n) is 8.30. The van der Waals surface area contributed by atoms with Gasteiger partial charge in [0.25, 0.3) is 0 Å². The molecule has 25 heavy (non-hydrogen) atoms. The van der Waals surface area contributed by atoms with Crippen molar-refractivity contribution in [3.8, 4) is 11.8 Å². The van der Waals surface area contributed by atoms with Crippen LogP contribution >= 0.6 is 0 Å². The molecule has 1 unspecified atom stereocenters. The van der Waals surface area contributed by atoms with Gasteiger partial charge in [-0.2, -0.15) is 5.10 Å². The van der Waals surface area contributed by atoms with E-state index < -0.39 is 17.5 Å². The number of carboxylic acids is 1. The molecule has 128 valence electrons. The van der Waals surface area contributed by atoms with Crippen molar-refractivity contribution < 1.29 is 15.0 Å². The van der Waals surface area contributed by atoms with Gasteiger partial charge in [0, 0.05) is 12.1 Å². The Hall–Kier alpha value is -2.71. The summed E-state index contributed by atoms with van der Waals surface area (Å²) in [6, 6.07) is 11.3. The van der Waals surface area contributed by atoms with Gasteiger partial charge in [-0.15, -0.1) is 5.10 Å². The van der Waals surface area contributed by atoms with Crippen LogP contribution < -0.4 is 0 Å². The van der Waals surface area contributed by atoms with E-state index in [9.17, 15) is 15.0 Å². The SMILES string of the molecule is Cc1ccnnc1C#CC1(O)CC[C@@H](C(=O)O)[C@H](c2ccccc2)C1. The van der Waals surface area contributed by atoms with Crippen LogP contribution in [0.1, 0.15) is 42.0 Å². The molecular weight excluding hydrogens is 316 g/mol. The zero-order chi connectivity index (χ0) is 17.9. The largest absolute Gasteiger partial charge is 0.481 e. The van der Waals surface area contributed by atoms with Crippen molar-refractivity contribution in [3.05, 3.63) is 59.4 Å². The van der Waals surface area contributed by atoms with Gasteiger partial charge in [0.05, 0.1) is 5.92 Å². The van der Waals surface area contributed by atoms with Gasteiger partial charge < -0.3 is 10.2 Å². The lowest BCUT2D eigenvalue weighted by molar-refractivity contribution is -0.145. The Kier molecular flexibility index (Phi) is 4.82. The van der Waals surface area contributed by atoms with Crippen LogP contribution in [0.3, 0.4) is 0 Å². The third kappa shape index (κ3) is 3.86. The van der Waals surface area contributed by atoms with E-state index >= 15 is 0 Å². The van der Waals surface area contributed by atoms with Crippen LogP contribution in [-0.2, 0) is 4.79 Å². The van der Waals surface area contributed by atoms with E-state index in [0.717, 1.165) is 11.1 Å². The fraction of sp³-hybridized carbons (Fsp3) is 0.350. The first-order chi connectivity index (χ1) is 12.0. The van der Waals surface area contributed by atoms with E-state index in [0.29, 0.717) is 25.0 Å². The lowest BCUT2D eigenvalue weighted by Gasteiger charge is -2.37. The molecule has 5 nitrogen and oxygen atoms in total. The molecule has 1 saturated carbocycles. The topological polar surface area (TPSA) is 83.3 Å². The van der Waals surface area contributed by atoms with Crippen LogP contribution in [0.25, 0.3) is 0 Å². The van der Waals surface area contributed by atoms with E-state index in [-0.39, 0.29) is 5.92 Å². The number of aliphatic hydroxyl groups is 1. The van der Waals surface area contributed by atoms with Crippen LogP contribution in [0.15, 0.2) is 42.6 Å². The molecule has 1 aliphatic rings. The molecule has 0 spiro atoms. The second-order valence-electron chi connectivity index (χ2n) is 6.55.